The van der Waals surface area contributed by atoms with E-state index in [1.165, 1.54) is 25.7 Å². The zero-order valence-corrected chi connectivity index (χ0v) is 14.0. The fourth-order valence-electron chi connectivity index (χ4n) is 2.89. The summed E-state index contributed by atoms with van der Waals surface area (Å²) in [5.41, 5.74) is 1.24. The summed E-state index contributed by atoms with van der Waals surface area (Å²) in [7, 11) is 0. The molecule has 1 aliphatic heterocycles. The van der Waals surface area contributed by atoms with Gasteiger partial charge in [-0.2, -0.15) is 0 Å². The molecule has 1 N–H and O–H groups in total. The molecule has 3 heterocycles. The van der Waals surface area contributed by atoms with Gasteiger partial charge in [-0.15, -0.1) is 0 Å². The van der Waals surface area contributed by atoms with E-state index in [2.05, 4.69) is 25.2 Å². The molecule has 0 aliphatic carbocycles. The lowest BCUT2D eigenvalue weighted by atomic mass is 10.2. The molecule has 1 saturated heterocycles. The molecule has 24 heavy (non-hydrogen) atoms. The van der Waals surface area contributed by atoms with Crippen molar-refractivity contribution < 1.29 is 4.79 Å². The molecule has 0 unspecified atom stereocenters. The standard InChI is InChI=1S/C18H23N5O/c1-14-21-16(18(24)20-13-15-8-4-5-9-19-15)12-17(22-14)23-10-6-2-3-7-11-23/h4-5,8-9,12H,2-3,6-7,10-11,13H2,1H3,(H,20,24). The van der Waals surface area contributed by atoms with Crippen molar-refractivity contribution in [3.8, 4) is 0 Å². The van der Waals surface area contributed by atoms with E-state index < -0.39 is 0 Å². The fourth-order valence-corrected chi connectivity index (χ4v) is 2.89. The predicted octanol–water partition coefficient (Wildman–Crippen LogP) is 2.49. The van der Waals surface area contributed by atoms with Crippen molar-refractivity contribution in [1.82, 2.24) is 20.3 Å². The van der Waals surface area contributed by atoms with E-state index in [1.807, 2.05) is 25.1 Å². The highest BCUT2D eigenvalue weighted by molar-refractivity contribution is 5.92. The summed E-state index contributed by atoms with van der Waals surface area (Å²) < 4.78 is 0. The van der Waals surface area contributed by atoms with Crippen LogP contribution in [0.15, 0.2) is 30.5 Å². The first-order chi connectivity index (χ1) is 11.7. The molecule has 2 aromatic rings. The summed E-state index contributed by atoms with van der Waals surface area (Å²) >= 11 is 0. The molecule has 2 aromatic heterocycles. The van der Waals surface area contributed by atoms with Crippen molar-refractivity contribution in [2.45, 2.75) is 39.2 Å². The third-order valence-electron chi connectivity index (χ3n) is 4.14. The summed E-state index contributed by atoms with van der Waals surface area (Å²) in [6, 6.07) is 7.44. The summed E-state index contributed by atoms with van der Waals surface area (Å²) in [6.07, 6.45) is 6.58. The van der Waals surface area contributed by atoms with Gasteiger partial charge in [0.05, 0.1) is 12.2 Å². The van der Waals surface area contributed by atoms with E-state index in [-0.39, 0.29) is 5.91 Å². The Balaban J connectivity index is 1.71. The molecule has 126 valence electrons. The van der Waals surface area contributed by atoms with E-state index >= 15 is 0 Å². The Labute approximate surface area is 142 Å². The molecule has 1 amide bonds. The van der Waals surface area contributed by atoms with Gasteiger partial charge in [0, 0.05) is 25.4 Å². The minimum Gasteiger partial charge on any atom is -0.356 e. The number of rotatable bonds is 4. The zero-order valence-electron chi connectivity index (χ0n) is 14.0. The normalized spacial score (nSPS) is 15.0. The average molecular weight is 325 g/mol. The number of hydrogen-bond acceptors (Lipinski definition) is 5. The molecule has 6 nitrogen and oxygen atoms in total. The number of anilines is 1. The van der Waals surface area contributed by atoms with E-state index in [0.29, 0.717) is 18.1 Å². The molecule has 1 fully saturated rings. The number of nitrogens with one attached hydrogen (secondary N) is 1. The Morgan fingerprint density at radius 3 is 2.67 bits per heavy atom. The van der Waals surface area contributed by atoms with Gasteiger partial charge in [0.25, 0.3) is 5.91 Å². The highest BCUT2D eigenvalue weighted by atomic mass is 16.1. The van der Waals surface area contributed by atoms with E-state index in [9.17, 15) is 4.79 Å². The Hall–Kier alpha value is -2.50. The summed E-state index contributed by atoms with van der Waals surface area (Å²) in [6.45, 7) is 4.20. The van der Waals surface area contributed by atoms with E-state index in [4.69, 9.17) is 0 Å². The minimum absolute atomic E-state index is 0.192. The molecule has 0 saturated carbocycles. The number of amides is 1. The first kappa shape index (κ1) is 16.4. The fraction of sp³-hybridized carbons (Fsp3) is 0.444. The van der Waals surface area contributed by atoms with Gasteiger partial charge in [0.1, 0.15) is 17.3 Å². The van der Waals surface area contributed by atoms with Crippen molar-refractivity contribution in [2.24, 2.45) is 0 Å². The van der Waals surface area contributed by atoms with Crippen LogP contribution >= 0.6 is 0 Å². The second-order valence-electron chi connectivity index (χ2n) is 6.06. The average Bonchev–Trinajstić information content (AvgIpc) is 2.89. The quantitative estimate of drug-likeness (QED) is 0.935. The van der Waals surface area contributed by atoms with Crippen LogP contribution in [-0.4, -0.2) is 33.9 Å². The number of aryl methyl sites for hydroxylation is 1. The van der Waals surface area contributed by atoms with Gasteiger partial charge < -0.3 is 10.2 Å². The maximum atomic E-state index is 12.4. The van der Waals surface area contributed by atoms with Gasteiger partial charge in [0.15, 0.2) is 0 Å². The molecular formula is C18H23N5O. The Morgan fingerprint density at radius 1 is 1.17 bits per heavy atom. The molecular weight excluding hydrogens is 302 g/mol. The van der Waals surface area contributed by atoms with Crippen LogP contribution in [0.1, 0.15) is 47.7 Å². The van der Waals surface area contributed by atoms with Crippen LogP contribution in [0.3, 0.4) is 0 Å². The minimum atomic E-state index is -0.192. The summed E-state index contributed by atoms with van der Waals surface area (Å²) in [4.78, 5) is 27.7. The summed E-state index contributed by atoms with van der Waals surface area (Å²) in [5.74, 6) is 1.29. The van der Waals surface area contributed by atoms with Crippen molar-refractivity contribution in [3.63, 3.8) is 0 Å². The van der Waals surface area contributed by atoms with Gasteiger partial charge in [-0.1, -0.05) is 18.9 Å². The zero-order chi connectivity index (χ0) is 16.8. The Kier molecular flexibility index (Phi) is 5.36. The highest BCUT2D eigenvalue weighted by Crippen LogP contribution is 2.18. The Bertz CT molecular complexity index is 681. The lowest BCUT2D eigenvalue weighted by Crippen LogP contribution is -2.28. The lowest BCUT2D eigenvalue weighted by molar-refractivity contribution is 0.0945. The lowest BCUT2D eigenvalue weighted by Gasteiger charge is -2.22. The Morgan fingerprint density at radius 2 is 1.96 bits per heavy atom. The predicted molar refractivity (Wildman–Crippen MR) is 92.9 cm³/mol. The third-order valence-corrected chi connectivity index (χ3v) is 4.14. The summed E-state index contributed by atoms with van der Waals surface area (Å²) in [5, 5.41) is 2.87. The van der Waals surface area contributed by atoms with Crippen LogP contribution in [-0.2, 0) is 6.54 Å². The third kappa shape index (κ3) is 4.28. The van der Waals surface area contributed by atoms with Crippen LogP contribution in [0.2, 0.25) is 0 Å². The van der Waals surface area contributed by atoms with Gasteiger partial charge >= 0.3 is 0 Å². The van der Waals surface area contributed by atoms with Gasteiger partial charge in [-0.05, 0) is 31.9 Å². The maximum Gasteiger partial charge on any atom is 0.270 e. The molecule has 6 heteroatoms. The highest BCUT2D eigenvalue weighted by Gasteiger charge is 2.16. The largest absolute Gasteiger partial charge is 0.356 e. The van der Waals surface area contributed by atoms with Gasteiger partial charge in [-0.25, -0.2) is 9.97 Å². The van der Waals surface area contributed by atoms with Gasteiger partial charge in [0.2, 0.25) is 0 Å². The van der Waals surface area contributed by atoms with E-state index in [0.717, 1.165) is 24.6 Å². The van der Waals surface area contributed by atoms with Crippen molar-refractivity contribution >= 4 is 11.7 Å². The first-order valence-electron chi connectivity index (χ1n) is 8.51. The van der Waals surface area contributed by atoms with Crippen molar-refractivity contribution in [2.75, 3.05) is 18.0 Å². The maximum absolute atomic E-state index is 12.4. The second-order valence-corrected chi connectivity index (χ2v) is 6.06. The van der Waals surface area contributed by atoms with Crippen LogP contribution in [0.25, 0.3) is 0 Å². The second kappa shape index (κ2) is 7.86. The number of nitrogens with zero attached hydrogens (tertiary/aromatic N) is 4. The molecule has 0 atom stereocenters. The van der Waals surface area contributed by atoms with Crippen LogP contribution in [0.4, 0.5) is 5.82 Å². The van der Waals surface area contributed by atoms with Crippen molar-refractivity contribution in [3.05, 3.63) is 47.7 Å². The molecule has 0 aromatic carbocycles. The van der Waals surface area contributed by atoms with Crippen LogP contribution in [0.5, 0.6) is 0 Å². The topological polar surface area (TPSA) is 71.0 Å². The molecule has 0 bridgehead atoms. The molecule has 0 spiro atoms. The molecule has 3 rings (SSSR count). The van der Waals surface area contributed by atoms with Crippen molar-refractivity contribution in [1.29, 1.82) is 0 Å². The monoisotopic (exact) mass is 325 g/mol. The number of carbonyl (C=O) groups excluding carboxylic acids is 1. The first-order valence-corrected chi connectivity index (χ1v) is 8.51. The number of aromatic nitrogens is 3. The number of pyridine rings is 1. The SMILES string of the molecule is Cc1nc(C(=O)NCc2ccccn2)cc(N2CCCCCC2)n1. The van der Waals surface area contributed by atoms with Crippen LogP contribution in [0, 0.1) is 6.92 Å². The molecule has 1 aliphatic rings. The van der Waals surface area contributed by atoms with Gasteiger partial charge in [-0.3, -0.25) is 9.78 Å². The van der Waals surface area contributed by atoms with Crippen LogP contribution < -0.4 is 10.2 Å². The van der Waals surface area contributed by atoms with E-state index in [1.54, 1.807) is 12.3 Å². The smallest absolute Gasteiger partial charge is 0.270 e. The number of carbonyl (C=O) groups is 1. The molecule has 0 radical (unpaired) electrons. The number of hydrogen-bond donors (Lipinski definition) is 1.